The van der Waals surface area contributed by atoms with E-state index in [4.69, 9.17) is 11.6 Å². The summed E-state index contributed by atoms with van der Waals surface area (Å²) in [5, 5.41) is 3.77. The Morgan fingerprint density at radius 2 is 1.85 bits per heavy atom. The molecule has 1 aromatic carbocycles. The number of amides is 1. The molecule has 1 aliphatic heterocycles. The zero-order valence-electron chi connectivity index (χ0n) is 16.3. The molecule has 6 nitrogen and oxygen atoms in total. The van der Waals surface area contributed by atoms with Gasteiger partial charge in [0.15, 0.2) is 0 Å². The summed E-state index contributed by atoms with van der Waals surface area (Å²) in [6, 6.07) is 7.74. The predicted molar refractivity (Wildman–Crippen MR) is 109 cm³/mol. The van der Waals surface area contributed by atoms with E-state index < -0.39 is 10.0 Å². The summed E-state index contributed by atoms with van der Waals surface area (Å²) in [6.45, 7) is 7.19. The second kappa shape index (κ2) is 9.87. The molecule has 1 fully saturated rings. The van der Waals surface area contributed by atoms with Crippen LogP contribution in [0.5, 0.6) is 0 Å². The molecule has 1 amide bonds. The summed E-state index contributed by atoms with van der Waals surface area (Å²) >= 11 is 6.40. The van der Waals surface area contributed by atoms with Crippen LogP contribution in [0, 0.1) is 5.92 Å². The molecule has 0 bridgehead atoms. The zero-order chi connectivity index (χ0) is 20.0. The van der Waals surface area contributed by atoms with Crippen molar-refractivity contribution < 1.29 is 13.2 Å². The lowest BCUT2D eigenvalue weighted by molar-refractivity contribution is -0.126. The van der Waals surface area contributed by atoms with E-state index >= 15 is 0 Å². The van der Waals surface area contributed by atoms with Crippen molar-refractivity contribution in [3.63, 3.8) is 0 Å². The number of benzene rings is 1. The van der Waals surface area contributed by atoms with Crippen molar-refractivity contribution in [2.75, 3.05) is 39.0 Å². The van der Waals surface area contributed by atoms with E-state index in [1.807, 2.05) is 24.3 Å². The molecule has 0 aromatic heterocycles. The molecular formula is C19H30ClN3O3S. The molecule has 1 N–H and O–H groups in total. The van der Waals surface area contributed by atoms with Crippen molar-refractivity contribution in [2.45, 2.75) is 32.7 Å². The Labute approximate surface area is 167 Å². The summed E-state index contributed by atoms with van der Waals surface area (Å²) in [4.78, 5) is 14.9. The van der Waals surface area contributed by atoms with Crippen molar-refractivity contribution in [1.82, 2.24) is 14.5 Å². The maximum atomic E-state index is 12.6. The third-order valence-corrected chi connectivity index (χ3v) is 6.93. The maximum Gasteiger partial charge on any atom is 0.223 e. The van der Waals surface area contributed by atoms with Crippen LogP contribution < -0.4 is 5.32 Å². The van der Waals surface area contributed by atoms with E-state index in [2.05, 4.69) is 24.1 Å². The van der Waals surface area contributed by atoms with E-state index in [1.54, 1.807) is 0 Å². The molecule has 1 aromatic rings. The molecule has 152 valence electrons. The van der Waals surface area contributed by atoms with E-state index in [0.717, 1.165) is 18.7 Å². The molecular weight excluding hydrogens is 386 g/mol. The molecule has 0 aliphatic carbocycles. The molecule has 1 atom stereocenters. The fraction of sp³-hybridized carbons (Fsp3) is 0.632. The van der Waals surface area contributed by atoms with Gasteiger partial charge >= 0.3 is 0 Å². The number of carbonyl (C=O) groups excluding carboxylic acids is 1. The highest BCUT2D eigenvalue weighted by molar-refractivity contribution is 7.88. The van der Waals surface area contributed by atoms with Crippen LogP contribution in [0.3, 0.4) is 0 Å². The Hall–Kier alpha value is -1.15. The molecule has 8 heteroatoms. The van der Waals surface area contributed by atoms with Gasteiger partial charge in [-0.3, -0.25) is 9.69 Å². The van der Waals surface area contributed by atoms with Gasteiger partial charge in [-0.05, 0) is 37.6 Å². The van der Waals surface area contributed by atoms with Crippen molar-refractivity contribution in [1.29, 1.82) is 0 Å². The number of hydrogen-bond acceptors (Lipinski definition) is 4. The summed E-state index contributed by atoms with van der Waals surface area (Å²) in [5.41, 5.74) is 1.01. The van der Waals surface area contributed by atoms with Crippen LogP contribution in [0.25, 0.3) is 0 Å². The topological polar surface area (TPSA) is 69.7 Å². The van der Waals surface area contributed by atoms with Crippen LogP contribution in [-0.4, -0.2) is 62.5 Å². The van der Waals surface area contributed by atoms with E-state index in [-0.39, 0.29) is 17.9 Å². The number of nitrogens with zero attached hydrogens (tertiary/aromatic N) is 2. The molecule has 1 heterocycles. The molecule has 0 saturated carbocycles. The SMILES string of the molecule is CCN(CC)C(CNC(=O)C1CCN(S(C)(=O)=O)CC1)c1ccccc1Cl. The quantitative estimate of drug-likeness (QED) is 0.708. The lowest BCUT2D eigenvalue weighted by Crippen LogP contribution is -2.44. The Balaban J connectivity index is 2.01. The summed E-state index contributed by atoms with van der Waals surface area (Å²) in [7, 11) is -3.18. The molecule has 1 saturated heterocycles. The monoisotopic (exact) mass is 415 g/mol. The summed E-state index contributed by atoms with van der Waals surface area (Å²) in [6.07, 6.45) is 2.33. The molecule has 1 unspecified atom stereocenters. The number of sulfonamides is 1. The van der Waals surface area contributed by atoms with Gasteiger partial charge in [0.05, 0.1) is 12.3 Å². The van der Waals surface area contributed by atoms with Gasteiger partial charge in [-0.15, -0.1) is 0 Å². The van der Waals surface area contributed by atoms with Crippen LogP contribution in [-0.2, 0) is 14.8 Å². The van der Waals surface area contributed by atoms with Crippen LogP contribution in [0.15, 0.2) is 24.3 Å². The van der Waals surface area contributed by atoms with Crippen LogP contribution in [0.4, 0.5) is 0 Å². The van der Waals surface area contributed by atoms with Gasteiger partial charge in [0.2, 0.25) is 15.9 Å². The van der Waals surface area contributed by atoms with Gasteiger partial charge in [-0.2, -0.15) is 0 Å². The highest BCUT2D eigenvalue weighted by Crippen LogP contribution is 2.27. The second-order valence-electron chi connectivity index (χ2n) is 6.94. The predicted octanol–water partition coefficient (Wildman–Crippen LogP) is 2.51. The van der Waals surface area contributed by atoms with Crippen molar-refractivity contribution in [3.05, 3.63) is 34.9 Å². The Morgan fingerprint density at radius 1 is 1.26 bits per heavy atom. The lowest BCUT2D eigenvalue weighted by Gasteiger charge is -2.33. The van der Waals surface area contributed by atoms with Crippen molar-refractivity contribution in [2.24, 2.45) is 5.92 Å². The fourth-order valence-electron chi connectivity index (χ4n) is 3.64. The number of halogens is 1. The molecule has 0 spiro atoms. The zero-order valence-corrected chi connectivity index (χ0v) is 17.9. The number of piperidine rings is 1. The van der Waals surface area contributed by atoms with E-state index in [0.29, 0.717) is 37.5 Å². The lowest BCUT2D eigenvalue weighted by atomic mass is 9.97. The standard InChI is InChI=1S/C19H30ClN3O3S/c1-4-22(5-2)18(16-8-6-7-9-17(16)20)14-21-19(24)15-10-12-23(13-11-15)27(3,25)26/h6-9,15,18H,4-5,10-14H2,1-3H3,(H,21,24). The maximum absolute atomic E-state index is 12.6. The smallest absolute Gasteiger partial charge is 0.223 e. The van der Waals surface area contributed by atoms with Gasteiger partial charge in [-0.25, -0.2) is 12.7 Å². The number of hydrogen-bond donors (Lipinski definition) is 1. The van der Waals surface area contributed by atoms with E-state index in [1.165, 1.54) is 10.6 Å². The van der Waals surface area contributed by atoms with Crippen molar-refractivity contribution in [3.8, 4) is 0 Å². The largest absolute Gasteiger partial charge is 0.354 e. The summed E-state index contributed by atoms with van der Waals surface area (Å²) in [5.74, 6) is -0.154. The van der Waals surface area contributed by atoms with Gasteiger partial charge in [0, 0.05) is 30.6 Å². The van der Waals surface area contributed by atoms with Crippen LogP contribution in [0.2, 0.25) is 5.02 Å². The fourth-order valence-corrected chi connectivity index (χ4v) is 4.77. The second-order valence-corrected chi connectivity index (χ2v) is 9.33. The Bertz CT molecular complexity index is 729. The van der Waals surface area contributed by atoms with Gasteiger partial charge < -0.3 is 5.32 Å². The molecule has 27 heavy (non-hydrogen) atoms. The minimum Gasteiger partial charge on any atom is -0.354 e. The average Bonchev–Trinajstić information content (AvgIpc) is 2.65. The van der Waals surface area contributed by atoms with Gasteiger partial charge in [0.25, 0.3) is 0 Å². The first-order valence-corrected chi connectivity index (χ1v) is 11.7. The number of carbonyl (C=O) groups is 1. The van der Waals surface area contributed by atoms with Crippen molar-refractivity contribution >= 4 is 27.5 Å². The normalized spacial score (nSPS) is 17.8. The van der Waals surface area contributed by atoms with Crippen LogP contribution >= 0.6 is 11.6 Å². The molecule has 0 radical (unpaired) electrons. The van der Waals surface area contributed by atoms with E-state index in [9.17, 15) is 13.2 Å². The molecule has 2 rings (SSSR count). The Kier molecular flexibility index (Phi) is 8.09. The Morgan fingerprint density at radius 3 is 2.37 bits per heavy atom. The van der Waals surface area contributed by atoms with Crippen LogP contribution in [0.1, 0.15) is 38.3 Å². The first-order chi connectivity index (χ1) is 12.8. The minimum atomic E-state index is -3.18. The molecule has 1 aliphatic rings. The number of nitrogens with one attached hydrogen (secondary N) is 1. The number of likely N-dealkylation sites (N-methyl/N-ethyl adjacent to an activating group) is 1. The minimum absolute atomic E-state index is 0.00707. The van der Waals surface area contributed by atoms with Gasteiger partial charge in [0.1, 0.15) is 0 Å². The summed E-state index contributed by atoms with van der Waals surface area (Å²) < 4.78 is 24.7. The van der Waals surface area contributed by atoms with Gasteiger partial charge in [-0.1, -0.05) is 43.6 Å². The number of rotatable bonds is 8. The third kappa shape index (κ3) is 5.91. The highest BCUT2D eigenvalue weighted by atomic mass is 35.5. The first kappa shape index (κ1) is 22.1. The first-order valence-electron chi connectivity index (χ1n) is 9.49. The average molecular weight is 416 g/mol. The third-order valence-electron chi connectivity index (χ3n) is 5.28. The highest BCUT2D eigenvalue weighted by Gasteiger charge is 2.29.